The summed E-state index contributed by atoms with van der Waals surface area (Å²) in [7, 11) is -3.67. The molecule has 1 aromatic rings. The maximum absolute atomic E-state index is 10.6. The maximum Gasteiger partial charge on any atom is 0.374 e. The summed E-state index contributed by atoms with van der Waals surface area (Å²) in [6.45, 7) is 1.80. The molecule has 0 aromatic carbocycles. The predicted molar refractivity (Wildman–Crippen MR) is 54.5 cm³/mol. The van der Waals surface area contributed by atoms with Gasteiger partial charge in [-0.05, 0) is 19.1 Å². The summed E-state index contributed by atoms with van der Waals surface area (Å²) >= 11 is 0. The Morgan fingerprint density at radius 2 is 1.94 bits per heavy atom. The molecule has 0 atom stereocenters. The molecule has 8 heteroatoms. The van der Waals surface area contributed by atoms with Gasteiger partial charge in [0.15, 0.2) is 0 Å². The molecule has 16 heavy (non-hydrogen) atoms. The van der Waals surface area contributed by atoms with Crippen molar-refractivity contribution in [3.8, 4) is 0 Å². The Kier molecular flexibility index (Phi) is 5.57. The van der Waals surface area contributed by atoms with Gasteiger partial charge in [0.2, 0.25) is 0 Å². The zero-order valence-corrected chi connectivity index (χ0v) is 9.43. The van der Waals surface area contributed by atoms with Crippen LogP contribution in [0.2, 0.25) is 0 Å². The topological polar surface area (TPSA) is 114 Å². The van der Waals surface area contributed by atoms with Crippen LogP contribution in [-0.4, -0.2) is 35.4 Å². The van der Waals surface area contributed by atoms with Gasteiger partial charge in [0.05, 0.1) is 11.8 Å². The molecular weight excluding hydrogens is 238 g/mol. The minimum Gasteiger partial charge on any atom is -0.295 e. The second kappa shape index (κ2) is 6.16. The minimum atomic E-state index is -3.67. The van der Waals surface area contributed by atoms with E-state index in [1.165, 1.54) is 12.3 Å². The Balaban J connectivity index is 0.000000385. The van der Waals surface area contributed by atoms with Gasteiger partial charge in [-0.15, -0.1) is 0 Å². The van der Waals surface area contributed by atoms with Crippen LogP contribution in [0.5, 0.6) is 0 Å². The lowest BCUT2D eigenvalue weighted by atomic mass is 10.2. The van der Waals surface area contributed by atoms with E-state index >= 15 is 0 Å². The average molecular weight is 249 g/mol. The van der Waals surface area contributed by atoms with E-state index in [9.17, 15) is 13.2 Å². The Labute approximate surface area is 92.4 Å². The highest BCUT2D eigenvalue weighted by molar-refractivity contribution is 7.85. The van der Waals surface area contributed by atoms with Crippen LogP contribution < -0.4 is 0 Å². The van der Waals surface area contributed by atoms with Crippen molar-refractivity contribution < 1.29 is 27.9 Å². The molecule has 0 saturated carbocycles. The fraction of sp³-hybridized carbons (Fsp3) is 0.250. The minimum absolute atomic E-state index is 0.234. The molecule has 0 aliphatic carbocycles. The van der Waals surface area contributed by atoms with Crippen LogP contribution in [0.4, 0.5) is 0 Å². The smallest absolute Gasteiger partial charge is 0.295 e. The number of aryl methyl sites for hydroxylation is 1. The second-order valence-electron chi connectivity index (χ2n) is 2.80. The van der Waals surface area contributed by atoms with Gasteiger partial charge in [0.25, 0.3) is 10.1 Å². The van der Waals surface area contributed by atoms with Crippen molar-refractivity contribution in [1.82, 2.24) is 4.98 Å². The molecule has 1 rings (SSSR count). The van der Waals surface area contributed by atoms with Gasteiger partial charge < -0.3 is 0 Å². The summed E-state index contributed by atoms with van der Waals surface area (Å²) in [5.74, 6) is -0.794. The molecular formula is C8H11NO6S. The normalized spacial score (nSPS) is 10.0. The van der Waals surface area contributed by atoms with E-state index in [0.717, 1.165) is 5.69 Å². The summed E-state index contributed by atoms with van der Waals surface area (Å²) in [5.41, 5.74) is 1.04. The second-order valence-corrected chi connectivity index (χ2v) is 4.27. The first-order valence-electron chi connectivity index (χ1n) is 3.95. The Bertz CT molecular complexity index is 430. The molecule has 7 nitrogen and oxygen atoms in total. The highest BCUT2D eigenvalue weighted by atomic mass is 32.2. The van der Waals surface area contributed by atoms with E-state index in [-0.39, 0.29) is 5.56 Å². The number of hydrogen-bond donors (Lipinski definition) is 2. The molecule has 0 saturated heterocycles. The van der Waals surface area contributed by atoms with E-state index in [4.69, 9.17) is 9.81 Å². The largest absolute Gasteiger partial charge is 0.374 e. The third-order valence-electron chi connectivity index (χ3n) is 1.23. The van der Waals surface area contributed by atoms with E-state index in [0.29, 0.717) is 6.26 Å². The third-order valence-corrected chi connectivity index (χ3v) is 1.23. The Morgan fingerprint density at radius 3 is 2.25 bits per heavy atom. The van der Waals surface area contributed by atoms with Crippen molar-refractivity contribution in [3.05, 3.63) is 29.6 Å². The summed E-state index contributed by atoms with van der Waals surface area (Å²) in [6, 6.07) is 3.19. The number of hydrogen-bond acceptors (Lipinski definition) is 6. The highest BCUT2D eigenvalue weighted by Gasteiger charge is 2.05. The molecule has 0 radical (unpaired) electrons. The molecule has 2 N–H and O–H groups in total. The molecule has 0 unspecified atom stereocenters. The summed E-state index contributed by atoms with van der Waals surface area (Å²) in [6.07, 6.45) is 2.06. The van der Waals surface area contributed by atoms with Gasteiger partial charge in [0, 0.05) is 11.9 Å². The van der Waals surface area contributed by atoms with Gasteiger partial charge in [-0.25, -0.2) is 4.79 Å². The van der Waals surface area contributed by atoms with Gasteiger partial charge in [-0.3, -0.25) is 14.4 Å². The molecule has 0 amide bonds. The van der Waals surface area contributed by atoms with Gasteiger partial charge >= 0.3 is 5.97 Å². The Hall–Kier alpha value is -1.51. The van der Waals surface area contributed by atoms with Crippen LogP contribution >= 0.6 is 0 Å². The maximum atomic E-state index is 10.6. The van der Waals surface area contributed by atoms with Crippen molar-refractivity contribution in [3.63, 3.8) is 0 Å². The van der Waals surface area contributed by atoms with E-state index < -0.39 is 16.1 Å². The molecule has 1 aromatic heterocycles. The molecule has 1 heterocycles. The number of rotatable bonds is 1. The zero-order valence-electron chi connectivity index (χ0n) is 8.61. The SMILES string of the molecule is CS(=O)(=O)O.Cc1ccc(C(=O)OO)cn1. The molecule has 0 spiro atoms. The van der Waals surface area contributed by atoms with Crippen LogP contribution in [0, 0.1) is 6.92 Å². The van der Waals surface area contributed by atoms with Crippen LogP contribution in [0.25, 0.3) is 0 Å². The van der Waals surface area contributed by atoms with Crippen molar-refractivity contribution in [1.29, 1.82) is 0 Å². The average Bonchev–Trinajstić information content (AvgIpc) is 2.15. The van der Waals surface area contributed by atoms with E-state index in [1.54, 1.807) is 13.0 Å². The molecule has 0 bridgehead atoms. The lowest BCUT2D eigenvalue weighted by molar-refractivity contribution is -0.182. The van der Waals surface area contributed by atoms with Crippen LogP contribution in [-0.2, 0) is 15.0 Å². The first kappa shape index (κ1) is 14.5. The first-order valence-corrected chi connectivity index (χ1v) is 5.79. The van der Waals surface area contributed by atoms with Crippen molar-refractivity contribution in [2.75, 3.05) is 6.26 Å². The fourth-order valence-electron chi connectivity index (χ4n) is 0.641. The van der Waals surface area contributed by atoms with E-state index in [1.807, 2.05) is 0 Å². The van der Waals surface area contributed by atoms with Crippen LogP contribution in [0.15, 0.2) is 18.3 Å². The molecule has 0 fully saturated rings. The number of nitrogens with zero attached hydrogens (tertiary/aromatic N) is 1. The lowest BCUT2D eigenvalue weighted by Gasteiger charge is -1.95. The zero-order chi connectivity index (χ0) is 12.8. The van der Waals surface area contributed by atoms with Crippen LogP contribution in [0.3, 0.4) is 0 Å². The molecule has 0 aliphatic heterocycles. The molecule has 0 aliphatic rings. The monoisotopic (exact) mass is 249 g/mol. The third kappa shape index (κ3) is 7.85. The standard InChI is InChI=1S/C7H7NO3.CH4O3S/c1-5-2-3-6(4-8-5)7(9)11-10;1-5(2,3)4/h2-4,10H,1H3;1H3,(H,2,3,4). The summed E-state index contributed by atoms with van der Waals surface area (Å²) < 4.78 is 25.9. The number of carbonyl (C=O) groups is 1. The fourth-order valence-corrected chi connectivity index (χ4v) is 0.641. The van der Waals surface area contributed by atoms with Crippen molar-refractivity contribution in [2.24, 2.45) is 0 Å². The lowest BCUT2D eigenvalue weighted by Crippen LogP contribution is -2.01. The molecule has 90 valence electrons. The number of aromatic nitrogens is 1. The van der Waals surface area contributed by atoms with Crippen molar-refractivity contribution >= 4 is 16.1 Å². The van der Waals surface area contributed by atoms with Crippen LogP contribution in [0.1, 0.15) is 16.1 Å². The number of pyridine rings is 1. The quantitative estimate of drug-likeness (QED) is 0.423. The van der Waals surface area contributed by atoms with Gasteiger partial charge in [0.1, 0.15) is 0 Å². The summed E-state index contributed by atoms with van der Waals surface area (Å²) in [5, 5.41) is 7.98. The Morgan fingerprint density at radius 1 is 1.44 bits per heavy atom. The predicted octanol–water partition coefficient (Wildman–Crippen LogP) is 0.524. The van der Waals surface area contributed by atoms with Gasteiger partial charge in [-0.2, -0.15) is 13.7 Å². The highest BCUT2D eigenvalue weighted by Crippen LogP contribution is 1.99. The number of carbonyl (C=O) groups excluding carboxylic acids is 1. The van der Waals surface area contributed by atoms with E-state index in [2.05, 4.69) is 9.87 Å². The van der Waals surface area contributed by atoms with Gasteiger partial charge in [-0.1, -0.05) is 0 Å². The van der Waals surface area contributed by atoms with Crippen molar-refractivity contribution in [2.45, 2.75) is 6.92 Å². The summed E-state index contributed by atoms with van der Waals surface area (Å²) in [4.78, 5) is 17.9. The first-order chi connectivity index (χ1) is 7.24.